The second-order valence-electron chi connectivity index (χ2n) is 8.28. The van der Waals surface area contributed by atoms with Crippen molar-refractivity contribution in [3.05, 3.63) is 47.3 Å². The number of aromatic nitrogens is 2. The van der Waals surface area contributed by atoms with Crippen LogP contribution in [0, 0.1) is 13.8 Å². The van der Waals surface area contributed by atoms with Crippen LogP contribution in [0.2, 0.25) is 0 Å². The van der Waals surface area contributed by atoms with Crippen LogP contribution in [0.4, 0.5) is 5.69 Å². The molecule has 0 bridgehead atoms. The van der Waals surface area contributed by atoms with E-state index in [4.69, 9.17) is 14.7 Å². The van der Waals surface area contributed by atoms with Crippen LogP contribution >= 0.6 is 0 Å². The molecule has 2 aromatic rings. The molecule has 0 aliphatic carbocycles. The zero-order chi connectivity index (χ0) is 24.2. The second kappa shape index (κ2) is 10.4. The van der Waals surface area contributed by atoms with Crippen LogP contribution in [0.5, 0.6) is 6.01 Å². The number of ether oxygens (including phenoxy) is 1. The molecule has 0 spiro atoms. The lowest BCUT2D eigenvalue weighted by molar-refractivity contribution is -0.153. The molecule has 1 aliphatic rings. The smallest absolute Gasteiger partial charge is 0.319 e. The molecular weight excluding hydrogens is 446 g/mol. The summed E-state index contributed by atoms with van der Waals surface area (Å²) in [6.45, 7) is 5.81. The number of piperidine rings is 1. The van der Waals surface area contributed by atoms with Crippen molar-refractivity contribution in [3.8, 4) is 6.01 Å². The third-order valence-corrected chi connectivity index (χ3v) is 6.21. The van der Waals surface area contributed by atoms with Crippen molar-refractivity contribution in [1.29, 1.82) is 0 Å². The van der Waals surface area contributed by atoms with Crippen molar-refractivity contribution in [2.75, 3.05) is 32.1 Å². The van der Waals surface area contributed by atoms with E-state index in [1.807, 2.05) is 18.2 Å². The van der Waals surface area contributed by atoms with Crippen LogP contribution in [-0.2, 0) is 25.6 Å². The van der Waals surface area contributed by atoms with E-state index in [2.05, 4.69) is 27.0 Å². The molecule has 1 aromatic heterocycles. The van der Waals surface area contributed by atoms with Crippen molar-refractivity contribution >= 4 is 21.7 Å². The van der Waals surface area contributed by atoms with Gasteiger partial charge in [0.1, 0.15) is 0 Å². The van der Waals surface area contributed by atoms with Crippen molar-refractivity contribution in [1.82, 2.24) is 19.8 Å². The average Bonchev–Trinajstić information content (AvgIpc) is 2.76. The summed E-state index contributed by atoms with van der Waals surface area (Å²) in [7, 11) is -2.36. The van der Waals surface area contributed by atoms with Gasteiger partial charge in [-0.25, -0.2) is 4.18 Å². The van der Waals surface area contributed by atoms with Gasteiger partial charge in [0.25, 0.3) is 22.3 Å². The van der Waals surface area contributed by atoms with Crippen molar-refractivity contribution in [3.63, 3.8) is 0 Å². The summed E-state index contributed by atoms with van der Waals surface area (Å²) < 4.78 is 34.1. The fourth-order valence-electron chi connectivity index (χ4n) is 3.77. The molecule has 2 N–H and O–H groups in total. The molecule has 1 aromatic carbocycles. The third-order valence-electron chi connectivity index (χ3n) is 5.68. The maximum Gasteiger partial charge on any atom is 0.319 e. The maximum atomic E-state index is 13.2. The van der Waals surface area contributed by atoms with Crippen molar-refractivity contribution < 1.29 is 22.1 Å². The van der Waals surface area contributed by atoms with Gasteiger partial charge in [-0.15, -0.1) is 0 Å². The van der Waals surface area contributed by atoms with E-state index in [1.165, 1.54) is 10.5 Å². The lowest BCUT2D eigenvalue weighted by Crippen LogP contribution is -2.50. The van der Waals surface area contributed by atoms with Crippen LogP contribution in [0.15, 0.2) is 30.3 Å². The molecule has 1 saturated heterocycles. The van der Waals surface area contributed by atoms with Gasteiger partial charge in [-0.2, -0.15) is 18.4 Å². The Labute approximate surface area is 194 Å². The minimum absolute atomic E-state index is 0.0745. The number of nitrogens with zero attached hydrogens (tertiary/aromatic N) is 4. The number of amides is 1. The van der Waals surface area contributed by atoms with E-state index in [0.717, 1.165) is 38.7 Å². The molecule has 33 heavy (non-hydrogen) atoms. The summed E-state index contributed by atoms with van der Waals surface area (Å²) in [4.78, 5) is 25.2. The van der Waals surface area contributed by atoms with Crippen LogP contribution in [0.1, 0.15) is 29.8 Å². The summed E-state index contributed by atoms with van der Waals surface area (Å²) in [5, 5.41) is 0. The predicted molar refractivity (Wildman–Crippen MR) is 124 cm³/mol. The highest BCUT2D eigenvalue weighted by Crippen LogP contribution is 2.21. The van der Waals surface area contributed by atoms with Crippen LogP contribution in [-0.4, -0.2) is 72.8 Å². The Hall–Kier alpha value is -2.76. The number of likely N-dealkylation sites (N-methyl/N-ethyl adjacent to an activating group) is 1. The van der Waals surface area contributed by atoms with Crippen LogP contribution < -0.4 is 10.5 Å². The largest absolute Gasteiger partial charge is 0.422 e. The minimum atomic E-state index is -3.99. The number of carbonyl (C=O) groups excluding carboxylic acids is 1. The first-order valence-corrected chi connectivity index (χ1v) is 12.5. The number of nitrogen functional groups attached to an aromatic ring is 1. The number of nitrogens with two attached hydrogens (primary N) is 1. The lowest BCUT2D eigenvalue weighted by Gasteiger charge is -2.37. The quantitative estimate of drug-likeness (QED) is 0.444. The highest BCUT2D eigenvalue weighted by Gasteiger charge is 2.34. The van der Waals surface area contributed by atoms with Gasteiger partial charge >= 0.3 is 6.01 Å². The number of likely N-dealkylation sites (tertiary alicyclic amines) is 1. The van der Waals surface area contributed by atoms with Gasteiger partial charge in [0.05, 0.1) is 23.3 Å². The Kier molecular flexibility index (Phi) is 7.88. The normalized spacial score (nSPS) is 16.4. The van der Waals surface area contributed by atoms with Crippen molar-refractivity contribution in [2.45, 2.75) is 45.6 Å². The number of hydrogen-bond acceptors (Lipinski definition) is 9. The first-order chi connectivity index (χ1) is 15.5. The Balaban J connectivity index is 1.67. The topological polar surface area (TPSA) is 128 Å². The maximum absolute atomic E-state index is 13.2. The van der Waals surface area contributed by atoms with E-state index in [1.54, 1.807) is 20.9 Å². The van der Waals surface area contributed by atoms with Gasteiger partial charge in [0, 0.05) is 32.7 Å². The third kappa shape index (κ3) is 6.86. The molecule has 0 saturated carbocycles. The second-order valence-corrected chi connectivity index (χ2v) is 9.88. The zero-order valence-electron chi connectivity index (χ0n) is 19.4. The molecule has 3 rings (SSSR count). The molecule has 11 heteroatoms. The highest BCUT2D eigenvalue weighted by molar-refractivity contribution is 7.86. The number of aryl methyl sites for hydroxylation is 2. The van der Waals surface area contributed by atoms with E-state index in [0.29, 0.717) is 17.1 Å². The molecule has 2 heterocycles. The van der Waals surface area contributed by atoms with Gasteiger partial charge in [-0.1, -0.05) is 30.3 Å². The average molecular weight is 478 g/mol. The van der Waals surface area contributed by atoms with E-state index in [9.17, 15) is 13.2 Å². The molecule has 1 fully saturated rings. The number of rotatable bonds is 8. The summed E-state index contributed by atoms with van der Waals surface area (Å²) in [6.07, 6.45) is 0.628. The monoisotopic (exact) mass is 477 g/mol. The van der Waals surface area contributed by atoms with E-state index in [-0.39, 0.29) is 12.1 Å². The SMILES string of the molecule is Cc1nc(OC(OS(C)(=O)=O)C(=O)N(C)C2CCN(Cc3ccccc3)CC2)nc(C)c1N. The summed E-state index contributed by atoms with van der Waals surface area (Å²) in [5.41, 5.74) is 8.42. The Morgan fingerprint density at radius 3 is 2.30 bits per heavy atom. The van der Waals surface area contributed by atoms with E-state index < -0.39 is 22.3 Å². The van der Waals surface area contributed by atoms with Gasteiger partial charge in [0.15, 0.2) is 0 Å². The number of benzene rings is 1. The van der Waals surface area contributed by atoms with Gasteiger partial charge < -0.3 is 15.4 Å². The van der Waals surface area contributed by atoms with Crippen LogP contribution in [0.3, 0.4) is 0 Å². The summed E-state index contributed by atoms with van der Waals surface area (Å²) >= 11 is 0. The first kappa shape index (κ1) is 24.9. The van der Waals surface area contributed by atoms with Gasteiger partial charge in [0.2, 0.25) is 0 Å². The number of carbonyl (C=O) groups is 1. The standard InChI is InChI=1S/C22H31N5O5S/c1-15-19(23)16(2)25-22(24-15)31-21(32-33(4,29)30)20(28)26(3)18-10-12-27(13-11-18)14-17-8-6-5-7-9-17/h5-9,18,21H,10-14,23H2,1-4H3. The Bertz CT molecular complexity index is 1050. The van der Waals surface area contributed by atoms with E-state index >= 15 is 0 Å². The lowest BCUT2D eigenvalue weighted by atomic mass is 10.0. The molecule has 0 radical (unpaired) electrons. The van der Waals surface area contributed by atoms with Gasteiger partial charge in [-0.05, 0) is 32.3 Å². The summed E-state index contributed by atoms with van der Waals surface area (Å²) in [6, 6.07) is 9.96. The predicted octanol–water partition coefficient (Wildman–Crippen LogP) is 1.48. The Morgan fingerprint density at radius 2 is 1.76 bits per heavy atom. The fourth-order valence-corrected chi connectivity index (χ4v) is 4.20. The molecule has 1 amide bonds. The molecule has 10 nitrogen and oxygen atoms in total. The molecular formula is C22H31N5O5S. The van der Waals surface area contributed by atoms with Gasteiger partial charge in [-0.3, -0.25) is 9.69 Å². The fraction of sp³-hybridized carbons (Fsp3) is 0.500. The first-order valence-electron chi connectivity index (χ1n) is 10.7. The molecule has 1 aliphatic heterocycles. The van der Waals surface area contributed by atoms with Crippen molar-refractivity contribution in [2.24, 2.45) is 0 Å². The summed E-state index contributed by atoms with van der Waals surface area (Å²) in [5.74, 6) is -0.613. The minimum Gasteiger partial charge on any atom is -0.422 e. The Morgan fingerprint density at radius 1 is 1.18 bits per heavy atom. The molecule has 1 atom stereocenters. The number of hydrogen-bond donors (Lipinski definition) is 1. The highest BCUT2D eigenvalue weighted by atomic mass is 32.2. The molecule has 1 unspecified atom stereocenters. The number of anilines is 1. The molecule has 180 valence electrons. The zero-order valence-corrected chi connectivity index (χ0v) is 20.2. The van der Waals surface area contributed by atoms with Crippen LogP contribution in [0.25, 0.3) is 0 Å².